The minimum absolute atomic E-state index is 0.0680. The topological polar surface area (TPSA) is 50.8 Å². The summed E-state index contributed by atoms with van der Waals surface area (Å²) in [6.07, 6.45) is 3.21. The Morgan fingerprint density at radius 1 is 1.22 bits per heavy atom. The molecule has 6 heteroatoms. The highest BCUT2D eigenvalue weighted by Crippen LogP contribution is 2.38. The fourth-order valence-electron chi connectivity index (χ4n) is 3.80. The SMILES string of the molecule is CN(C(=O)CNc1cc2c(cc1Br)OCCO2)C1CCCc2ccccc21. The van der Waals surface area contributed by atoms with Gasteiger partial charge in [-0.25, -0.2) is 0 Å². The molecule has 4 rings (SSSR count). The average molecular weight is 431 g/mol. The van der Waals surface area contributed by atoms with Crippen molar-refractivity contribution in [2.45, 2.75) is 25.3 Å². The van der Waals surface area contributed by atoms with Gasteiger partial charge in [0.15, 0.2) is 11.5 Å². The lowest BCUT2D eigenvalue weighted by atomic mass is 9.87. The number of amides is 1. The Kier molecular flexibility index (Phi) is 5.25. The summed E-state index contributed by atoms with van der Waals surface area (Å²) in [5.74, 6) is 1.49. The van der Waals surface area contributed by atoms with E-state index in [4.69, 9.17) is 9.47 Å². The fraction of sp³-hybridized carbons (Fsp3) is 0.381. The van der Waals surface area contributed by atoms with E-state index in [0.717, 1.165) is 35.2 Å². The van der Waals surface area contributed by atoms with Gasteiger partial charge in [-0.05, 0) is 46.3 Å². The standard InChI is InChI=1S/C21H23BrN2O3/c1-24(18-8-4-6-14-5-2-3-7-15(14)18)21(25)13-23-17-12-20-19(11-16(17)22)26-9-10-27-20/h2-3,5,7,11-12,18,23H,4,6,8-10,13H2,1H3. The highest BCUT2D eigenvalue weighted by atomic mass is 79.9. The second kappa shape index (κ2) is 7.80. The molecule has 0 bridgehead atoms. The summed E-state index contributed by atoms with van der Waals surface area (Å²) in [6, 6.07) is 12.3. The number of halogens is 1. The Balaban J connectivity index is 1.44. The predicted molar refractivity (Wildman–Crippen MR) is 109 cm³/mol. The Morgan fingerprint density at radius 3 is 2.78 bits per heavy atom. The van der Waals surface area contributed by atoms with Crippen molar-refractivity contribution in [2.24, 2.45) is 0 Å². The first-order chi connectivity index (χ1) is 13.1. The molecule has 1 N–H and O–H groups in total. The third-order valence-corrected chi connectivity index (χ3v) is 5.92. The van der Waals surface area contributed by atoms with Crippen LogP contribution < -0.4 is 14.8 Å². The molecule has 1 atom stereocenters. The highest BCUT2D eigenvalue weighted by Gasteiger charge is 2.26. The largest absolute Gasteiger partial charge is 0.486 e. The maximum absolute atomic E-state index is 12.8. The Bertz CT molecular complexity index is 855. The predicted octanol–water partition coefficient (Wildman–Crippen LogP) is 4.17. The fourth-order valence-corrected chi connectivity index (χ4v) is 4.26. The summed E-state index contributed by atoms with van der Waals surface area (Å²) in [5, 5.41) is 3.23. The number of aryl methyl sites for hydroxylation is 1. The second-order valence-corrected chi connectivity index (χ2v) is 7.80. The summed E-state index contributed by atoms with van der Waals surface area (Å²) in [4.78, 5) is 14.7. The van der Waals surface area contributed by atoms with E-state index in [1.54, 1.807) is 0 Å². The lowest BCUT2D eigenvalue weighted by Gasteiger charge is -2.33. The van der Waals surface area contributed by atoms with Crippen LogP contribution in [0.4, 0.5) is 5.69 Å². The first kappa shape index (κ1) is 18.2. The molecular formula is C21H23BrN2O3. The molecule has 2 aromatic carbocycles. The number of carbonyl (C=O) groups excluding carboxylic acids is 1. The maximum Gasteiger partial charge on any atom is 0.242 e. The van der Waals surface area contributed by atoms with Gasteiger partial charge in [0.2, 0.25) is 5.91 Å². The van der Waals surface area contributed by atoms with Crippen molar-refractivity contribution in [3.63, 3.8) is 0 Å². The highest BCUT2D eigenvalue weighted by molar-refractivity contribution is 9.10. The number of benzene rings is 2. The van der Waals surface area contributed by atoms with Crippen molar-refractivity contribution < 1.29 is 14.3 Å². The van der Waals surface area contributed by atoms with E-state index in [9.17, 15) is 4.79 Å². The van der Waals surface area contributed by atoms with Crippen molar-refractivity contribution in [1.29, 1.82) is 0 Å². The third-order valence-electron chi connectivity index (χ3n) is 5.26. The van der Waals surface area contributed by atoms with Gasteiger partial charge in [0.25, 0.3) is 0 Å². The van der Waals surface area contributed by atoms with Crippen molar-refractivity contribution in [3.05, 3.63) is 52.0 Å². The zero-order chi connectivity index (χ0) is 18.8. The molecule has 1 amide bonds. The van der Waals surface area contributed by atoms with Crippen LogP contribution >= 0.6 is 15.9 Å². The van der Waals surface area contributed by atoms with E-state index in [0.29, 0.717) is 19.0 Å². The van der Waals surface area contributed by atoms with Crippen LogP contribution in [0.1, 0.15) is 30.0 Å². The van der Waals surface area contributed by atoms with Crippen LogP contribution in [0.15, 0.2) is 40.9 Å². The molecule has 1 aliphatic heterocycles. The molecule has 1 aliphatic carbocycles. The second-order valence-electron chi connectivity index (χ2n) is 6.94. The molecule has 0 saturated carbocycles. The Morgan fingerprint density at radius 2 is 1.96 bits per heavy atom. The minimum atomic E-state index is 0.0680. The molecule has 0 fully saturated rings. The zero-order valence-corrected chi connectivity index (χ0v) is 16.9. The van der Waals surface area contributed by atoms with E-state index in [2.05, 4.69) is 45.5 Å². The molecule has 2 aliphatic rings. The number of nitrogens with one attached hydrogen (secondary N) is 1. The first-order valence-corrected chi connectivity index (χ1v) is 10.1. The van der Waals surface area contributed by atoms with Crippen molar-refractivity contribution in [1.82, 2.24) is 4.90 Å². The number of fused-ring (bicyclic) bond motifs is 2. The van der Waals surface area contributed by atoms with Crippen LogP contribution in [0.25, 0.3) is 0 Å². The lowest BCUT2D eigenvalue weighted by molar-refractivity contribution is -0.130. The summed E-state index contributed by atoms with van der Waals surface area (Å²) in [7, 11) is 1.90. The van der Waals surface area contributed by atoms with Gasteiger partial charge < -0.3 is 19.7 Å². The molecule has 1 heterocycles. The molecule has 0 radical (unpaired) electrons. The normalized spacial score (nSPS) is 17.8. The molecule has 0 saturated heterocycles. The van der Waals surface area contributed by atoms with Gasteiger partial charge in [-0.15, -0.1) is 0 Å². The first-order valence-electron chi connectivity index (χ1n) is 9.30. The van der Waals surface area contributed by atoms with Gasteiger partial charge in [-0.1, -0.05) is 24.3 Å². The summed E-state index contributed by atoms with van der Waals surface area (Å²) < 4.78 is 12.1. The van der Waals surface area contributed by atoms with Gasteiger partial charge >= 0.3 is 0 Å². The van der Waals surface area contributed by atoms with Crippen molar-refractivity contribution >= 4 is 27.5 Å². The molecule has 27 heavy (non-hydrogen) atoms. The molecule has 0 aromatic heterocycles. The summed E-state index contributed by atoms with van der Waals surface area (Å²) in [6.45, 7) is 1.32. The number of likely N-dealkylation sites (N-methyl/N-ethyl adjacent to an activating group) is 1. The van der Waals surface area contributed by atoms with Crippen molar-refractivity contribution in [3.8, 4) is 11.5 Å². The quantitative estimate of drug-likeness (QED) is 0.790. The molecule has 5 nitrogen and oxygen atoms in total. The number of nitrogens with zero attached hydrogens (tertiary/aromatic N) is 1. The summed E-state index contributed by atoms with van der Waals surface area (Å²) in [5.41, 5.74) is 3.46. The number of carbonyl (C=O) groups is 1. The maximum atomic E-state index is 12.8. The van der Waals surface area contributed by atoms with Crippen molar-refractivity contribution in [2.75, 3.05) is 32.1 Å². The summed E-state index contributed by atoms with van der Waals surface area (Å²) >= 11 is 3.54. The third kappa shape index (κ3) is 3.76. The number of hydrogen-bond donors (Lipinski definition) is 1. The number of ether oxygens (including phenoxy) is 2. The Labute approximate surface area is 167 Å². The van der Waals surface area contributed by atoms with Gasteiger partial charge in [-0.3, -0.25) is 4.79 Å². The van der Waals surface area contributed by atoms with E-state index in [1.807, 2.05) is 24.1 Å². The number of rotatable bonds is 4. The molecule has 2 aromatic rings. The minimum Gasteiger partial charge on any atom is -0.486 e. The van der Waals surface area contributed by atoms with Crippen LogP contribution in [-0.2, 0) is 11.2 Å². The van der Waals surface area contributed by atoms with Gasteiger partial charge in [0.1, 0.15) is 13.2 Å². The van der Waals surface area contributed by atoms with Gasteiger partial charge in [-0.2, -0.15) is 0 Å². The van der Waals surface area contributed by atoms with E-state index in [-0.39, 0.29) is 18.5 Å². The van der Waals surface area contributed by atoms with E-state index < -0.39 is 0 Å². The molecular weight excluding hydrogens is 408 g/mol. The molecule has 142 valence electrons. The molecule has 1 unspecified atom stereocenters. The van der Waals surface area contributed by atoms with Gasteiger partial charge in [0.05, 0.1) is 18.3 Å². The zero-order valence-electron chi connectivity index (χ0n) is 15.3. The number of anilines is 1. The van der Waals surface area contributed by atoms with Gasteiger partial charge in [0, 0.05) is 23.7 Å². The molecule has 0 spiro atoms. The van der Waals surface area contributed by atoms with E-state index in [1.165, 1.54) is 11.1 Å². The van der Waals surface area contributed by atoms with E-state index >= 15 is 0 Å². The van der Waals surface area contributed by atoms with Crippen LogP contribution in [-0.4, -0.2) is 37.6 Å². The Hall–Kier alpha value is -2.21. The monoisotopic (exact) mass is 430 g/mol. The number of hydrogen-bond acceptors (Lipinski definition) is 4. The van der Waals surface area contributed by atoms with Crippen LogP contribution in [0.2, 0.25) is 0 Å². The smallest absolute Gasteiger partial charge is 0.242 e. The van der Waals surface area contributed by atoms with Crippen LogP contribution in [0.5, 0.6) is 11.5 Å². The average Bonchev–Trinajstić information content (AvgIpc) is 2.71. The van der Waals surface area contributed by atoms with Crippen LogP contribution in [0, 0.1) is 0 Å². The van der Waals surface area contributed by atoms with Crippen LogP contribution in [0.3, 0.4) is 0 Å². The lowest BCUT2D eigenvalue weighted by Crippen LogP contribution is -2.37.